The first-order valence-corrected chi connectivity index (χ1v) is 7.97. The molecule has 0 aliphatic rings. The van der Waals surface area contributed by atoms with E-state index in [1.807, 2.05) is 0 Å². The summed E-state index contributed by atoms with van der Waals surface area (Å²) < 4.78 is 2.62. The molecular weight excluding hydrogens is 385 g/mol. The van der Waals surface area contributed by atoms with Crippen LogP contribution >= 0.6 is 23.2 Å². The molecule has 0 atom stereocenters. The largest absolute Gasteiger partial charge is 0.307 e. The number of hydrogen-bond acceptors (Lipinski definition) is 6. The molecular formula is C14H11Cl2N7O3. The highest BCUT2D eigenvalue weighted by Gasteiger charge is 2.13. The van der Waals surface area contributed by atoms with Gasteiger partial charge in [-0.25, -0.2) is 9.67 Å². The van der Waals surface area contributed by atoms with E-state index in [-0.39, 0.29) is 24.7 Å². The summed E-state index contributed by atoms with van der Waals surface area (Å²) in [6, 6.07) is 5.16. The Morgan fingerprint density at radius 3 is 2.65 bits per heavy atom. The zero-order chi connectivity index (χ0) is 18.7. The summed E-state index contributed by atoms with van der Waals surface area (Å²) in [5.41, 5.74) is 0.485. The van der Waals surface area contributed by atoms with E-state index in [0.717, 1.165) is 17.1 Å². The van der Waals surface area contributed by atoms with E-state index >= 15 is 0 Å². The lowest BCUT2D eigenvalue weighted by Crippen LogP contribution is -2.20. The summed E-state index contributed by atoms with van der Waals surface area (Å²) >= 11 is 12.2. The van der Waals surface area contributed by atoms with Gasteiger partial charge in [-0.1, -0.05) is 29.3 Å². The molecule has 0 saturated heterocycles. The second-order valence-electron chi connectivity index (χ2n) is 5.17. The predicted molar refractivity (Wildman–Crippen MR) is 93.1 cm³/mol. The second kappa shape index (κ2) is 7.50. The number of hydrogen-bond donors (Lipinski definition) is 1. The van der Waals surface area contributed by atoms with E-state index in [4.69, 9.17) is 23.2 Å². The van der Waals surface area contributed by atoms with Crippen molar-refractivity contribution in [1.82, 2.24) is 24.5 Å². The summed E-state index contributed by atoms with van der Waals surface area (Å²) in [5, 5.41) is 21.9. The molecule has 0 aliphatic heterocycles. The van der Waals surface area contributed by atoms with Gasteiger partial charge in [0.15, 0.2) is 0 Å². The normalized spacial score (nSPS) is 10.7. The van der Waals surface area contributed by atoms with Crippen LogP contribution in [0.15, 0.2) is 36.9 Å². The second-order valence-corrected chi connectivity index (χ2v) is 5.98. The Bertz CT molecular complexity index is 949. The minimum Gasteiger partial charge on any atom is -0.292 e. The van der Waals surface area contributed by atoms with E-state index in [9.17, 15) is 14.9 Å². The summed E-state index contributed by atoms with van der Waals surface area (Å²) in [4.78, 5) is 26.0. The summed E-state index contributed by atoms with van der Waals surface area (Å²) in [6.45, 7) is 0.0749. The minimum absolute atomic E-state index is 0.0832. The molecule has 0 bridgehead atoms. The lowest BCUT2D eigenvalue weighted by Gasteiger charge is -2.06. The highest BCUT2D eigenvalue weighted by Crippen LogP contribution is 2.24. The number of anilines is 1. The summed E-state index contributed by atoms with van der Waals surface area (Å²) in [6.07, 6.45) is 3.65. The third kappa shape index (κ3) is 4.16. The predicted octanol–water partition coefficient (Wildman–Crippen LogP) is 2.38. The van der Waals surface area contributed by atoms with Gasteiger partial charge in [-0.05, 0) is 12.1 Å². The average molecular weight is 396 g/mol. The third-order valence-corrected chi connectivity index (χ3v) is 4.01. The van der Waals surface area contributed by atoms with Crippen LogP contribution in [0.4, 0.5) is 11.6 Å². The van der Waals surface area contributed by atoms with Gasteiger partial charge in [-0.3, -0.25) is 24.9 Å². The fraction of sp³-hybridized carbons (Fsp3) is 0.143. The van der Waals surface area contributed by atoms with Gasteiger partial charge in [-0.15, -0.1) is 5.10 Å². The number of nitrogens with zero attached hydrogens (tertiary/aromatic N) is 6. The fourth-order valence-corrected chi connectivity index (χ4v) is 2.64. The van der Waals surface area contributed by atoms with Gasteiger partial charge in [0.2, 0.25) is 11.9 Å². The average Bonchev–Trinajstić information content (AvgIpc) is 3.21. The molecule has 26 heavy (non-hydrogen) atoms. The van der Waals surface area contributed by atoms with E-state index in [1.54, 1.807) is 18.2 Å². The van der Waals surface area contributed by atoms with Gasteiger partial charge in [0.25, 0.3) is 0 Å². The van der Waals surface area contributed by atoms with Gasteiger partial charge in [0, 0.05) is 15.6 Å². The lowest BCUT2D eigenvalue weighted by atomic mass is 10.2. The Hall–Kier alpha value is -2.98. The van der Waals surface area contributed by atoms with Crippen molar-refractivity contribution in [2.75, 3.05) is 5.32 Å². The van der Waals surface area contributed by atoms with Crippen molar-refractivity contribution in [2.24, 2.45) is 0 Å². The molecule has 0 unspecified atom stereocenters. The number of nitrogens with one attached hydrogen (secondary N) is 1. The molecule has 2 heterocycles. The quantitative estimate of drug-likeness (QED) is 0.505. The van der Waals surface area contributed by atoms with Gasteiger partial charge < -0.3 is 0 Å². The lowest BCUT2D eigenvalue weighted by molar-refractivity contribution is -0.385. The van der Waals surface area contributed by atoms with Crippen molar-refractivity contribution in [2.45, 2.75) is 13.1 Å². The number of carbonyl (C=O) groups excluding carboxylic acids is 1. The molecule has 0 saturated carbocycles. The molecule has 3 aromatic rings. The maximum Gasteiger partial charge on any atom is 0.307 e. The van der Waals surface area contributed by atoms with E-state index in [0.29, 0.717) is 15.6 Å². The van der Waals surface area contributed by atoms with Gasteiger partial charge >= 0.3 is 5.69 Å². The molecule has 1 aromatic carbocycles. The zero-order valence-electron chi connectivity index (χ0n) is 13.0. The Morgan fingerprint density at radius 1 is 1.27 bits per heavy atom. The van der Waals surface area contributed by atoms with E-state index < -0.39 is 10.8 Å². The molecule has 0 fully saturated rings. The Balaban J connectivity index is 1.62. The van der Waals surface area contributed by atoms with Crippen LogP contribution in [-0.2, 0) is 17.9 Å². The Kier molecular flexibility index (Phi) is 5.14. The molecule has 3 rings (SSSR count). The van der Waals surface area contributed by atoms with Crippen LogP contribution < -0.4 is 5.32 Å². The Morgan fingerprint density at radius 2 is 2.00 bits per heavy atom. The van der Waals surface area contributed by atoms with E-state index in [1.165, 1.54) is 11.0 Å². The number of amides is 1. The van der Waals surface area contributed by atoms with Crippen LogP contribution in [0.2, 0.25) is 10.0 Å². The number of benzene rings is 1. The molecule has 1 N–H and O–H groups in total. The number of carbonyl (C=O) groups is 1. The van der Waals surface area contributed by atoms with Crippen molar-refractivity contribution in [1.29, 1.82) is 0 Å². The highest BCUT2D eigenvalue weighted by atomic mass is 35.5. The SMILES string of the molecule is O=C(Cn1cc([N+](=O)[O-])cn1)Nc1ncn(Cc2c(Cl)cccc2Cl)n1. The van der Waals surface area contributed by atoms with E-state index in [2.05, 4.69) is 20.5 Å². The molecule has 0 spiro atoms. The third-order valence-electron chi connectivity index (χ3n) is 3.31. The molecule has 2 aromatic heterocycles. The first-order chi connectivity index (χ1) is 12.4. The first-order valence-electron chi connectivity index (χ1n) is 7.21. The monoisotopic (exact) mass is 395 g/mol. The molecule has 0 aliphatic carbocycles. The number of rotatable bonds is 6. The van der Waals surface area contributed by atoms with Crippen molar-refractivity contribution >= 4 is 40.7 Å². The highest BCUT2D eigenvalue weighted by molar-refractivity contribution is 6.35. The number of aromatic nitrogens is 5. The van der Waals surface area contributed by atoms with Gasteiger partial charge in [0.05, 0.1) is 11.5 Å². The van der Waals surface area contributed by atoms with Crippen LogP contribution in [0.5, 0.6) is 0 Å². The van der Waals surface area contributed by atoms with Crippen molar-refractivity contribution in [3.8, 4) is 0 Å². The zero-order valence-corrected chi connectivity index (χ0v) is 14.6. The maximum atomic E-state index is 12.0. The van der Waals surface area contributed by atoms with Gasteiger partial charge in [0.1, 0.15) is 25.3 Å². The molecule has 12 heteroatoms. The molecule has 0 radical (unpaired) electrons. The molecule has 1 amide bonds. The van der Waals surface area contributed by atoms with Crippen LogP contribution in [0.1, 0.15) is 5.56 Å². The fourth-order valence-electron chi connectivity index (χ4n) is 2.12. The van der Waals surface area contributed by atoms with Crippen molar-refractivity contribution in [3.63, 3.8) is 0 Å². The number of halogens is 2. The topological polar surface area (TPSA) is 121 Å². The van der Waals surface area contributed by atoms with Crippen molar-refractivity contribution < 1.29 is 9.72 Å². The summed E-state index contributed by atoms with van der Waals surface area (Å²) in [5.74, 6) is -0.392. The Labute approximate surface area is 156 Å². The minimum atomic E-state index is -0.593. The molecule has 134 valence electrons. The first kappa shape index (κ1) is 17.8. The maximum absolute atomic E-state index is 12.0. The van der Waals surface area contributed by atoms with Crippen LogP contribution in [0, 0.1) is 10.1 Å². The summed E-state index contributed by atoms with van der Waals surface area (Å²) in [7, 11) is 0. The number of nitro groups is 1. The smallest absolute Gasteiger partial charge is 0.292 e. The van der Waals surface area contributed by atoms with Gasteiger partial charge in [-0.2, -0.15) is 5.10 Å². The van der Waals surface area contributed by atoms with Crippen LogP contribution in [-0.4, -0.2) is 35.4 Å². The van der Waals surface area contributed by atoms with Crippen molar-refractivity contribution in [3.05, 3.63) is 62.6 Å². The van der Waals surface area contributed by atoms with Crippen LogP contribution in [0.3, 0.4) is 0 Å². The van der Waals surface area contributed by atoms with Crippen LogP contribution in [0.25, 0.3) is 0 Å². The standard InChI is InChI=1S/C14H11Cl2N7O3/c15-11-2-1-3-12(16)10(11)6-22-8-17-14(20-22)19-13(24)7-21-5-9(4-18-21)23(25)26/h1-5,8H,6-7H2,(H,19,20,24). The molecule has 10 nitrogen and oxygen atoms in total.